The maximum atomic E-state index is 12.0. The van der Waals surface area contributed by atoms with Crippen LogP contribution in [0.2, 0.25) is 0 Å². The molecule has 0 atom stereocenters. The van der Waals surface area contributed by atoms with Crippen LogP contribution in [-0.4, -0.2) is 19.7 Å². The number of fused-ring (bicyclic) bond motifs is 1. The first-order chi connectivity index (χ1) is 14.2. The number of carbonyl (C=O) groups excluding carboxylic acids is 1. The predicted octanol–water partition coefficient (Wildman–Crippen LogP) is 5.78. The molecule has 3 heteroatoms. The SMILES string of the molecule is CCOC(=O)c1ccc(C2=C(c3ccc(OC)cc3)c3ccccc3CC2)cc1. The van der Waals surface area contributed by atoms with E-state index in [2.05, 4.69) is 36.4 Å². The summed E-state index contributed by atoms with van der Waals surface area (Å²) in [5.41, 5.74) is 8.07. The van der Waals surface area contributed by atoms with Crippen LogP contribution in [0.15, 0.2) is 72.8 Å². The number of methoxy groups -OCH3 is 1. The number of hydrogen-bond acceptors (Lipinski definition) is 3. The lowest BCUT2D eigenvalue weighted by molar-refractivity contribution is 0.0526. The van der Waals surface area contributed by atoms with Crippen LogP contribution in [-0.2, 0) is 11.2 Å². The molecule has 0 fully saturated rings. The molecule has 29 heavy (non-hydrogen) atoms. The van der Waals surface area contributed by atoms with E-state index in [0.717, 1.165) is 24.2 Å². The second kappa shape index (κ2) is 8.36. The second-order valence-electron chi connectivity index (χ2n) is 7.04. The number of rotatable bonds is 5. The Morgan fingerprint density at radius 1 is 0.862 bits per heavy atom. The second-order valence-corrected chi connectivity index (χ2v) is 7.04. The van der Waals surface area contributed by atoms with Crippen molar-refractivity contribution in [2.24, 2.45) is 0 Å². The van der Waals surface area contributed by atoms with Gasteiger partial charge in [0, 0.05) is 0 Å². The molecule has 146 valence electrons. The third kappa shape index (κ3) is 3.81. The first kappa shape index (κ1) is 19.0. The van der Waals surface area contributed by atoms with Crippen molar-refractivity contribution in [3.8, 4) is 5.75 Å². The van der Waals surface area contributed by atoms with E-state index in [1.807, 2.05) is 43.3 Å². The summed E-state index contributed by atoms with van der Waals surface area (Å²) < 4.78 is 10.4. The van der Waals surface area contributed by atoms with E-state index in [0.29, 0.717) is 12.2 Å². The number of allylic oxidation sites excluding steroid dienone is 1. The lowest BCUT2D eigenvalue weighted by Gasteiger charge is -2.24. The Bertz CT molecular complexity index is 1040. The fourth-order valence-corrected chi connectivity index (χ4v) is 3.93. The summed E-state index contributed by atoms with van der Waals surface area (Å²) in [6, 6.07) is 24.6. The summed E-state index contributed by atoms with van der Waals surface area (Å²) >= 11 is 0. The van der Waals surface area contributed by atoms with Gasteiger partial charge in [-0.15, -0.1) is 0 Å². The zero-order valence-electron chi connectivity index (χ0n) is 16.8. The molecule has 0 saturated carbocycles. The number of benzene rings is 3. The van der Waals surface area contributed by atoms with Crippen LogP contribution in [0.5, 0.6) is 5.75 Å². The monoisotopic (exact) mass is 384 g/mol. The minimum Gasteiger partial charge on any atom is -0.497 e. The lowest BCUT2D eigenvalue weighted by atomic mass is 9.79. The van der Waals surface area contributed by atoms with E-state index in [4.69, 9.17) is 9.47 Å². The number of hydrogen-bond donors (Lipinski definition) is 0. The molecule has 0 heterocycles. The predicted molar refractivity (Wildman–Crippen MR) is 116 cm³/mol. The third-order valence-electron chi connectivity index (χ3n) is 5.36. The quantitative estimate of drug-likeness (QED) is 0.523. The highest BCUT2D eigenvalue weighted by molar-refractivity contribution is 6.01. The molecule has 1 aliphatic carbocycles. The molecule has 3 aromatic rings. The normalized spacial score (nSPS) is 13.0. The Balaban J connectivity index is 1.82. The molecule has 0 saturated heterocycles. The van der Waals surface area contributed by atoms with E-state index in [1.54, 1.807) is 7.11 Å². The van der Waals surface area contributed by atoms with Crippen molar-refractivity contribution in [3.05, 3.63) is 101 Å². The van der Waals surface area contributed by atoms with Gasteiger partial charge >= 0.3 is 5.97 Å². The van der Waals surface area contributed by atoms with Gasteiger partial charge in [-0.2, -0.15) is 0 Å². The summed E-state index contributed by atoms with van der Waals surface area (Å²) in [5, 5.41) is 0. The van der Waals surface area contributed by atoms with Crippen molar-refractivity contribution < 1.29 is 14.3 Å². The largest absolute Gasteiger partial charge is 0.497 e. The van der Waals surface area contributed by atoms with Crippen molar-refractivity contribution in [3.63, 3.8) is 0 Å². The van der Waals surface area contributed by atoms with Crippen molar-refractivity contribution in [2.45, 2.75) is 19.8 Å². The number of aryl methyl sites for hydroxylation is 1. The smallest absolute Gasteiger partial charge is 0.338 e. The summed E-state index contributed by atoms with van der Waals surface area (Å²) in [4.78, 5) is 12.0. The molecule has 4 rings (SSSR count). The Kier molecular flexibility index (Phi) is 5.48. The van der Waals surface area contributed by atoms with E-state index >= 15 is 0 Å². The average Bonchev–Trinajstić information content (AvgIpc) is 2.78. The van der Waals surface area contributed by atoms with E-state index in [1.165, 1.54) is 27.8 Å². The molecule has 3 aromatic carbocycles. The van der Waals surface area contributed by atoms with Gasteiger partial charge in [-0.3, -0.25) is 0 Å². The van der Waals surface area contributed by atoms with Gasteiger partial charge in [-0.05, 0) is 77.4 Å². The minimum atomic E-state index is -0.280. The average molecular weight is 384 g/mol. The van der Waals surface area contributed by atoms with Crippen LogP contribution in [0.1, 0.15) is 46.0 Å². The fourth-order valence-electron chi connectivity index (χ4n) is 3.93. The third-order valence-corrected chi connectivity index (χ3v) is 5.36. The number of carbonyl (C=O) groups is 1. The Hall–Kier alpha value is -3.33. The molecular weight excluding hydrogens is 360 g/mol. The van der Waals surface area contributed by atoms with Crippen LogP contribution in [0.4, 0.5) is 0 Å². The van der Waals surface area contributed by atoms with Crippen LogP contribution < -0.4 is 4.74 Å². The molecule has 0 aromatic heterocycles. The minimum absolute atomic E-state index is 0.280. The highest BCUT2D eigenvalue weighted by Gasteiger charge is 2.21. The molecular formula is C26H24O3. The van der Waals surface area contributed by atoms with Gasteiger partial charge in [0.2, 0.25) is 0 Å². The fraction of sp³-hybridized carbons (Fsp3) is 0.192. The maximum absolute atomic E-state index is 12.0. The molecule has 3 nitrogen and oxygen atoms in total. The van der Waals surface area contributed by atoms with Crippen molar-refractivity contribution >= 4 is 17.1 Å². The highest BCUT2D eigenvalue weighted by Crippen LogP contribution is 2.41. The van der Waals surface area contributed by atoms with Gasteiger partial charge in [-0.25, -0.2) is 4.79 Å². The number of esters is 1. The van der Waals surface area contributed by atoms with E-state index < -0.39 is 0 Å². The first-order valence-corrected chi connectivity index (χ1v) is 9.94. The standard InChI is InChI=1S/C26H24O3/c1-3-29-26(27)21-10-8-19(9-11-21)24-17-14-18-6-4-5-7-23(18)25(24)20-12-15-22(28-2)16-13-20/h4-13,15-16H,3,14,17H2,1-2H3. The molecule has 0 aliphatic heterocycles. The molecule has 0 spiro atoms. The Morgan fingerprint density at radius 3 is 2.24 bits per heavy atom. The van der Waals surface area contributed by atoms with E-state index in [-0.39, 0.29) is 5.97 Å². The Morgan fingerprint density at radius 2 is 1.55 bits per heavy atom. The molecule has 0 bridgehead atoms. The number of ether oxygens (including phenoxy) is 2. The lowest BCUT2D eigenvalue weighted by Crippen LogP contribution is -2.07. The summed E-state index contributed by atoms with van der Waals surface area (Å²) in [7, 11) is 1.68. The summed E-state index contributed by atoms with van der Waals surface area (Å²) in [6.45, 7) is 2.20. The maximum Gasteiger partial charge on any atom is 0.338 e. The van der Waals surface area contributed by atoms with Crippen molar-refractivity contribution in [1.82, 2.24) is 0 Å². The molecule has 0 unspecified atom stereocenters. The highest BCUT2D eigenvalue weighted by atomic mass is 16.5. The molecule has 0 radical (unpaired) electrons. The van der Waals surface area contributed by atoms with Gasteiger partial charge in [0.15, 0.2) is 0 Å². The van der Waals surface area contributed by atoms with E-state index in [9.17, 15) is 4.79 Å². The molecule has 1 aliphatic rings. The van der Waals surface area contributed by atoms with Crippen LogP contribution in [0.3, 0.4) is 0 Å². The summed E-state index contributed by atoms with van der Waals surface area (Å²) in [6.07, 6.45) is 1.96. The van der Waals surface area contributed by atoms with Crippen LogP contribution >= 0.6 is 0 Å². The van der Waals surface area contributed by atoms with Gasteiger partial charge < -0.3 is 9.47 Å². The zero-order valence-corrected chi connectivity index (χ0v) is 16.8. The Labute approximate surface area is 171 Å². The molecule has 0 amide bonds. The zero-order chi connectivity index (χ0) is 20.2. The topological polar surface area (TPSA) is 35.5 Å². The first-order valence-electron chi connectivity index (χ1n) is 9.94. The van der Waals surface area contributed by atoms with Gasteiger partial charge in [0.05, 0.1) is 19.3 Å². The van der Waals surface area contributed by atoms with Crippen molar-refractivity contribution in [1.29, 1.82) is 0 Å². The van der Waals surface area contributed by atoms with Crippen LogP contribution in [0, 0.1) is 0 Å². The van der Waals surface area contributed by atoms with Crippen LogP contribution in [0.25, 0.3) is 11.1 Å². The van der Waals surface area contributed by atoms with Crippen molar-refractivity contribution in [2.75, 3.05) is 13.7 Å². The summed E-state index contributed by atoms with van der Waals surface area (Å²) in [5.74, 6) is 0.566. The van der Waals surface area contributed by atoms with Gasteiger partial charge in [0.25, 0.3) is 0 Å². The van der Waals surface area contributed by atoms with Gasteiger partial charge in [0.1, 0.15) is 5.75 Å². The van der Waals surface area contributed by atoms with Gasteiger partial charge in [-0.1, -0.05) is 48.5 Å². The molecule has 0 N–H and O–H groups in total.